The van der Waals surface area contributed by atoms with Crippen LogP contribution < -0.4 is 0 Å². The van der Waals surface area contributed by atoms with Gasteiger partial charge in [-0.3, -0.25) is 0 Å². The summed E-state index contributed by atoms with van der Waals surface area (Å²) in [7, 11) is 0. The van der Waals surface area contributed by atoms with Crippen LogP contribution in [0.15, 0.2) is 54.6 Å². The van der Waals surface area contributed by atoms with Crippen molar-refractivity contribution in [3.05, 3.63) is 60.2 Å². The van der Waals surface area contributed by atoms with Crippen LogP contribution in [0.3, 0.4) is 0 Å². The Bertz CT molecular complexity index is 832. The molecule has 0 heterocycles. The zero-order chi connectivity index (χ0) is 13.9. The first kappa shape index (κ1) is 11.7. The Balaban J connectivity index is 2.17. The highest BCUT2D eigenvalue weighted by atomic mass is 14.3. The van der Waals surface area contributed by atoms with Gasteiger partial charge in [-0.1, -0.05) is 69.3 Å². The van der Waals surface area contributed by atoms with Gasteiger partial charge < -0.3 is 0 Å². The molecule has 0 atom stereocenters. The maximum Gasteiger partial charge on any atom is -0.00262 e. The van der Waals surface area contributed by atoms with Gasteiger partial charge in [0.05, 0.1) is 0 Å². The van der Waals surface area contributed by atoms with Gasteiger partial charge >= 0.3 is 0 Å². The molecule has 0 aliphatic heterocycles. The average molecular weight is 258 g/mol. The van der Waals surface area contributed by atoms with Crippen LogP contribution >= 0.6 is 0 Å². The molecule has 0 aromatic heterocycles. The summed E-state index contributed by atoms with van der Waals surface area (Å²) < 4.78 is 0. The third-order valence-electron chi connectivity index (χ3n) is 4.35. The second-order valence-electron chi connectivity index (χ2n) is 6.72. The van der Waals surface area contributed by atoms with E-state index in [4.69, 9.17) is 0 Å². The minimum absolute atomic E-state index is 0.179. The molecule has 1 aliphatic carbocycles. The fourth-order valence-corrected chi connectivity index (χ4v) is 3.25. The van der Waals surface area contributed by atoms with Gasteiger partial charge in [0, 0.05) is 0 Å². The van der Waals surface area contributed by atoms with Gasteiger partial charge in [0.2, 0.25) is 0 Å². The first-order valence-electron chi connectivity index (χ1n) is 7.23. The molecule has 0 unspecified atom stereocenters. The van der Waals surface area contributed by atoms with E-state index in [1.165, 1.54) is 38.6 Å². The second kappa shape index (κ2) is 3.73. The average Bonchev–Trinajstić information content (AvgIpc) is 2.75. The van der Waals surface area contributed by atoms with Crippen molar-refractivity contribution in [2.45, 2.75) is 26.2 Å². The highest BCUT2D eigenvalue weighted by molar-refractivity contribution is 6.15. The van der Waals surface area contributed by atoms with Gasteiger partial charge in [0.25, 0.3) is 0 Å². The van der Waals surface area contributed by atoms with E-state index in [-0.39, 0.29) is 5.41 Å². The number of rotatable bonds is 0. The maximum absolute atomic E-state index is 2.39. The van der Waals surface area contributed by atoms with E-state index in [9.17, 15) is 0 Å². The van der Waals surface area contributed by atoms with Gasteiger partial charge in [0.1, 0.15) is 0 Å². The van der Waals surface area contributed by atoms with Crippen LogP contribution in [-0.2, 0) is 5.41 Å². The Morgan fingerprint density at radius 1 is 0.650 bits per heavy atom. The summed E-state index contributed by atoms with van der Waals surface area (Å²) in [5, 5.41) is 2.78. The standard InChI is InChI=1S/C20H18/c1-20(2,3)14-11-13-7-6-10-17-15-8-4-5-9-16(15)18(12-14)19(13)17/h4-12H,1-3H3. The summed E-state index contributed by atoms with van der Waals surface area (Å²) in [4.78, 5) is 0. The van der Waals surface area contributed by atoms with Gasteiger partial charge in [-0.2, -0.15) is 0 Å². The molecule has 1 aliphatic rings. The first-order chi connectivity index (χ1) is 9.55. The van der Waals surface area contributed by atoms with Crippen LogP contribution in [0, 0.1) is 0 Å². The number of fused-ring (bicyclic) bond motifs is 3. The summed E-state index contributed by atoms with van der Waals surface area (Å²) in [6.07, 6.45) is 0. The lowest BCUT2D eigenvalue weighted by molar-refractivity contribution is 0.591. The van der Waals surface area contributed by atoms with Crippen molar-refractivity contribution in [1.82, 2.24) is 0 Å². The molecule has 0 nitrogen and oxygen atoms in total. The molecule has 4 rings (SSSR count). The molecule has 0 saturated carbocycles. The fraction of sp³-hybridized carbons (Fsp3) is 0.200. The number of benzene rings is 3. The monoisotopic (exact) mass is 258 g/mol. The molecule has 0 amide bonds. The van der Waals surface area contributed by atoms with Crippen molar-refractivity contribution in [2.24, 2.45) is 0 Å². The van der Waals surface area contributed by atoms with E-state index >= 15 is 0 Å². The quantitative estimate of drug-likeness (QED) is 0.375. The van der Waals surface area contributed by atoms with Gasteiger partial charge in [-0.15, -0.1) is 0 Å². The van der Waals surface area contributed by atoms with E-state index in [0.717, 1.165) is 0 Å². The summed E-state index contributed by atoms with van der Waals surface area (Å²) in [6.45, 7) is 6.85. The summed E-state index contributed by atoms with van der Waals surface area (Å²) in [5.41, 5.74) is 7.13. The molecule has 0 N–H and O–H groups in total. The van der Waals surface area contributed by atoms with Crippen LogP contribution in [0.2, 0.25) is 0 Å². The van der Waals surface area contributed by atoms with Crippen molar-refractivity contribution in [3.63, 3.8) is 0 Å². The Kier molecular flexibility index (Phi) is 2.18. The third-order valence-corrected chi connectivity index (χ3v) is 4.35. The molecular formula is C20H18. The lowest BCUT2D eigenvalue weighted by Gasteiger charge is -2.20. The largest absolute Gasteiger partial charge is 0.0616 e. The van der Waals surface area contributed by atoms with Crippen molar-refractivity contribution in [3.8, 4) is 22.3 Å². The lowest BCUT2D eigenvalue weighted by Crippen LogP contribution is -2.10. The van der Waals surface area contributed by atoms with Crippen molar-refractivity contribution >= 4 is 10.8 Å². The SMILES string of the molecule is CC(C)(C)c1cc2c3c(cccc3c1)-c1ccccc1-2. The van der Waals surface area contributed by atoms with Crippen LogP contribution in [0.4, 0.5) is 0 Å². The first-order valence-corrected chi connectivity index (χ1v) is 7.23. The van der Waals surface area contributed by atoms with E-state index in [1.54, 1.807) is 0 Å². The Morgan fingerprint density at radius 3 is 2.00 bits per heavy atom. The van der Waals surface area contributed by atoms with Crippen LogP contribution in [0.1, 0.15) is 26.3 Å². The summed E-state index contributed by atoms with van der Waals surface area (Å²) >= 11 is 0. The topological polar surface area (TPSA) is 0 Å². The molecule has 0 heteroatoms. The van der Waals surface area contributed by atoms with Crippen LogP contribution in [0.25, 0.3) is 33.0 Å². The van der Waals surface area contributed by atoms with Crippen molar-refractivity contribution in [2.75, 3.05) is 0 Å². The molecule has 0 bridgehead atoms. The molecular weight excluding hydrogens is 240 g/mol. The molecule has 3 aromatic carbocycles. The Hall–Kier alpha value is -2.08. The highest BCUT2D eigenvalue weighted by Crippen LogP contribution is 2.48. The lowest BCUT2D eigenvalue weighted by atomic mass is 9.84. The smallest absolute Gasteiger partial charge is 0.00262 e. The molecule has 20 heavy (non-hydrogen) atoms. The Morgan fingerprint density at radius 2 is 1.30 bits per heavy atom. The molecule has 98 valence electrons. The summed E-state index contributed by atoms with van der Waals surface area (Å²) in [5.74, 6) is 0. The third kappa shape index (κ3) is 1.48. The van der Waals surface area contributed by atoms with Gasteiger partial charge in [-0.25, -0.2) is 0 Å². The Labute approximate surface area is 120 Å². The predicted molar refractivity (Wildman–Crippen MR) is 87.1 cm³/mol. The van der Waals surface area contributed by atoms with E-state index in [2.05, 4.69) is 75.4 Å². The molecule has 0 spiro atoms. The molecule has 0 radical (unpaired) electrons. The van der Waals surface area contributed by atoms with E-state index in [0.29, 0.717) is 0 Å². The summed E-state index contributed by atoms with van der Waals surface area (Å²) in [6, 6.07) is 20.2. The minimum atomic E-state index is 0.179. The van der Waals surface area contributed by atoms with Gasteiger partial charge in [0.15, 0.2) is 0 Å². The normalized spacial score (nSPS) is 12.8. The van der Waals surface area contributed by atoms with Gasteiger partial charge in [-0.05, 0) is 50.1 Å². The molecule has 0 saturated heterocycles. The predicted octanol–water partition coefficient (Wildman–Crippen LogP) is 5.78. The second-order valence-corrected chi connectivity index (χ2v) is 6.72. The van der Waals surface area contributed by atoms with Crippen molar-refractivity contribution < 1.29 is 0 Å². The minimum Gasteiger partial charge on any atom is -0.0616 e. The fourth-order valence-electron chi connectivity index (χ4n) is 3.25. The zero-order valence-electron chi connectivity index (χ0n) is 12.2. The van der Waals surface area contributed by atoms with Crippen molar-refractivity contribution in [1.29, 1.82) is 0 Å². The van der Waals surface area contributed by atoms with E-state index in [1.807, 2.05) is 0 Å². The highest BCUT2D eigenvalue weighted by Gasteiger charge is 2.23. The maximum atomic E-state index is 2.39. The molecule has 3 aromatic rings. The van der Waals surface area contributed by atoms with Crippen LogP contribution in [-0.4, -0.2) is 0 Å². The molecule has 0 fully saturated rings. The van der Waals surface area contributed by atoms with Crippen LogP contribution in [0.5, 0.6) is 0 Å². The number of hydrogen-bond acceptors (Lipinski definition) is 0. The zero-order valence-corrected chi connectivity index (χ0v) is 12.2. The number of hydrogen-bond donors (Lipinski definition) is 0. The van der Waals surface area contributed by atoms with E-state index < -0.39 is 0 Å².